The zero-order valence-electron chi connectivity index (χ0n) is 14.4. The molecule has 0 spiro atoms. The lowest BCUT2D eigenvalue weighted by Crippen LogP contribution is -2.21. The first-order valence-corrected chi connectivity index (χ1v) is 7.84. The molecule has 0 fully saturated rings. The first kappa shape index (κ1) is 16.6. The molecule has 0 saturated heterocycles. The smallest absolute Gasteiger partial charge is 0.248 e. The van der Waals surface area contributed by atoms with Crippen LogP contribution in [0.25, 0.3) is 11.4 Å². The molecule has 25 heavy (non-hydrogen) atoms. The Kier molecular flexibility index (Phi) is 4.74. The van der Waals surface area contributed by atoms with Crippen LogP contribution in [0.5, 0.6) is 5.75 Å². The molecule has 128 valence electrons. The highest BCUT2D eigenvalue weighted by atomic mass is 16.5. The molecular weight excluding hydrogens is 318 g/mol. The highest BCUT2D eigenvalue weighted by molar-refractivity contribution is 5.91. The molecule has 1 N–H and O–H groups in total. The third-order valence-corrected chi connectivity index (χ3v) is 3.73. The third kappa shape index (κ3) is 4.00. The van der Waals surface area contributed by atoms with Crippen molar-refractivity contribution in [2.75, 3.05) is 12.4 Å². The van der Waals surface area contributed by atoms with Crippen LogP contribution >= 0.6 is 0 Å². The normalized spacial score (nSPS) is 10.5. The number of amides is 1. The molecule has 2 aromatic carbocycles. The van der Waals surface area contributed by atoms with E-state index in [1.165, 1.54) is 4.80 Å². The van der Waals surface area contributed by atoms with E-state index in [2.05, 4.69) is 20.7 Å². The van der Waals surface area contributed by atoms with E-state index < -0.39 is 0 Å². The number of rotatable bonds is 5. The van der Waals surface area contributed by atoms with E-state index in [-0.39, 0.29) is 12.5 Å². The molecule has 1 aromatic heterocycles. The Hall–Kier alpha value is -3.22. The van der Waals surface area contributed by atoms with E-state index in [0.717, 1.165) is 22.4 Å². The van der Waals surface area contributed by atoms with Crippen LogP contribution in [-0.2, 0) is 11.3 Å². The van der Waals surface area contributed by atoms with Gasteiger partial charge in [0.2, 0.25) is 11.7 Å². The fourth-order valence-corrected chi connectivity index (χ4v) is 2.38. The van der Waals surface area contributed by atoms with Crippen LogP contribution < -0.4 is 10.1 Å². The highest BCUT2D eigenvalue weighted by Crippen LogP contribution is 2.20. The highest BCUT2D eigenvalue weighted by Gasteiger charge is 2.11. The summed E-state index contributed by atoms with van der Waals surface area (Å²) in [6, 6.07) is 13.3. The minimum atomic E-state index is -0.205. The predicted molar refractivity (Wildman–Crippen MR) is 94.4 cm³/mol. The summed E-state index contributed by atoms with van der Waals surface area (Å²) in [7, 11) is 1.60. The summed E-state index contributed by atoms with van der Waals surface area (Å²) in [4.78, 5) is 13.5. The number of benzene rings is 2. The third-order valence-electron chi connectivity index (χ3n) is 3.73. The van der Waals surface area contributed by atoms with Gasteiger partial charge in [-0.25, -0.2) is 0 Å². The second-order valence-electron chi connectivity index (χ2n) is 5.74. The zero-order valence-corrected chi connectivity index (χ0v) is 14.4. The monoisotopic (exact) mass is 337 g/mol. The average Bonchev–Trinajstić information content (AvgIpc) is 3.06. The van der Waals surface area contributed by atoms with E-state index in [4.69, 9.17) is 4.74 Å². The molecule has 0 aliphatic heterocycles. The van der Waals surface area contributed by atoms with Gasteiger partial charge in [0.1, 0.15) is 12.3 Å². The predicted octanol–water partition coefficient (Wildman–Crippen LogP) is 2.60. The molecule has 0 saturated carbocycles. The van der Waals surface area contributed by atoms with Gasteiger partial charge in [0.05, 0.1) is 7.11 Å². The zero-order chi connectivity index (χ0) is 17.8. The second-order valence-corrected chi connectivity index (χ2v) is 5.74. The quantitative estimate of drug-likeness (QED) is 0.774. The maximum absolute atomic E-state index is 12.2. The van der Waals surface area contributed by atoms with Gasteiger partial charge in [0.25, 0.3) is 0 Å². The van der Waals surface area contributed by atoms with Crippen LogP contribution in [0.3, 0.4) is 0 Å². The van der Waals surface area contributed by atoms with E-state index in [9.17, 15) is 4.79 Å². The number of carbonyl (C=O) groups is 1. The first-order valence-electron chi connectivity index (χ1n) is 7.84. The Morgan fingerprint density at radius 2 is 2.04 bits per heavy atom. The fourth-order valence-electron chi connectivity index (χ4n) is 2.38. The Morgan fingerprint density at radius 3 is 2.84 bits per heavy atom. The summed E-state index contributed by atoms with van der Waals surface area (Å²) in [5, 5.41) is 15.1. The lowest BCUT2D eigenvalue weighted by atomic mass is 10.1. The number of hydrogen-bond donors (Lipinski definition) is 1. The molecule has 0 aliphatic carbocycles. The Balaban J connectivity index is 1.70. The van der Waals surface area contributed by atoms with Gasteiger partial charge in [-0.1, -0.05) is 24.3 Å². The molecule has 0 aliphatic rings. The summed E-state index contributed by atoms with van der Waals surface area (Å²) in [5.41, 5.74) is 3.65. The van der Waals surface area contributed by atoms with Crippen molar-refractivity contribution in [3.63, 3.8) is 0 Å². The molecule has 1 amide bonds. The van der Waals surface area contributed by atoms with Gasteiger partial charge in [-0.05, 0) is 48.4 Å². The van der Waals surface area contributed by atoms with E-state index in [1.54, 1.807) is 7.11 Å². The van der Waals surface area contributed by atoms with Gasteiger partial charge in [0.15, 0.2) is 0 Å². The number of ether oxygens (including phenoxy) is 1. The van der Waals surface area contributed by atoms with E-state index in [0.29, 0.717) is 11.6 Å². The van der Waals surface area contributed by atoms with Crippen molar-refractivity contribution in [2.24, 2.45) is 0 Å². The number of aryl methyl sites for hydroxylation is 2. The summed E-state index contributed by atoms with van der Waals surface area (Å²) in [6.45, 7) is 3.92. The minimum Gasteiger partial charge on any atom is -0.497 e. The van der Waals surface area contributed by atoms with Crippen LogP contribution in [-0.4, -0.2) is 33.2 Å². The molecule has 0 radical (unpaired) electrons. The molecule has 3 rings (SSSR count). The number of methoxy groups -OCH3 is 1. The maximum Gasteiger partial charge on any atom is 0.248 e. The van der Waals surface area contributed by atoms with Crippen molar-refractivity contribution in [3.8, 4) is 17.1 Å². The van der Waals surface area contributed by atoms with Crippen LogP contribution in [0.2, 0.25) is 0 Å². The molecule has 0 atom stereocenters. The number of hydrogen-bond acceptors (Lipinski definition) is 5. The largest absolute Gasteiger partial charge is 0.497 e. The Bertz CT molecular complexity index is 904. The van der Waals surface area contributed by atoms with Crippen molar-refractivity contribution in [2.45, 2.75) is 20.4 Å². The second kappa shape index (κ2) is 7.12. The van der Waals surface area contributed by atoms with Crippen LogP contribution in [0.4, 0.5) is 5.69 Å². The van der Waals surface area contributed by atoms with Gasteiger partial charge in [-0.15, -0.1) is 10.2 Å². The standard InChI is InChI=1S/C18H19N5O2/c1-12-7-8-13(2)16(9-12)19-17(24)11-23-21-18(20-22-23)14-5-4-6-15(10-14)25-3/h4-10H,11H2,1-3H3,(H,19,24). The molecule has 7 heteroatoms. The Morgan fingerprint density at radius 1 is 1.20 bits per heavy atom. The molecule has 1 heterocycles. The molecule has 0 bridgehead atoms. The summed E-state index contributed by atoms with van der Waals surface area (Å²) >= 11 is 0. The summed E-state index contributed by atoms with van der Waals surface area (Å²) in [6.07, 6.45) is 0. The topological polar surface area (TPSA) is 81.9 Å². The van der Waals surface area contributed by atoms with Crippen molar-refractivity contribution in [1.29, 1.82) is 0 Å². The fraction of sp³-hybridized carbons (Fsp3) is 0.222. The van der Waals surface area contributed by atoms with Crippen molar-refractivity contribution >= 4 is 11.6 Å². The first-order chi connectivity index (χ1) is 12.0. The van der Waals surface area contributed by atoms with Gasteiger partial charge in [-0.2, -0.15) is 4.80 Å². The number of aromatic nitrogens is 4. The van der Waals surface area contributed by atoms with E-state index in [1.807, 2.05) is 56.3 Å². The average molecular weight is 337 g/mol. The lowest BCUT2D eigenvalue weighted by molar-refractivity contribution is -0.117. The van der Waals surface area contributed by atoms with Crippen LogP contribution in [0, 0.1) is 13.8 Å². The van der Waals surface area contributed by atoms with Crippen LogP contribution in [0.15, 0.2) is 42.5 Å². The number of carbonyl (C=O) groups excluding carboxylic acids is 1. The van der Waals surface area contributed by atoms with Crippen molar-refractivity contribution in [1.82, 2.24) is 20.2 Å². The molecule has 7 nitrogen and oxygen atoms in total. The number of nitrogens with zero attached hydrogens (tertiary/aromatic N) is 4. The number of nitrogens with one attached hydrogen (secondary N) is 1. The molecule has 3 aromatic rings. The minimum absolute atomic E-state index is 0.00957. The maximum atomic E-state index is 12.2. The van der Waals surface area contributed by atoms with Gasteiger partial charge in [-0.3, -0.25) is 4.79 Å². The van der Waals surface area contributed by atoms with Crippen molar-refractivity contribution in [3.05, 3.63) is 53.6 Å². The Labute approximate surface area is 145 Å². The lowest BCUT2D eigenvalue weighted by Gasteiger charge is -2.08. The van der Waals surface area contributed by atoms with Crippen molar-refractivity contribution < 1.29 is 9.53 Å². The van der Waals surface area contributed by atoms with E-state index >= 15 is 0 Å². The summed E-state index contributed by atoms with van der Waals surface area (Å²) < 4.78 is 5.19. The molecular formula is C18H19N5O2. The van der Waals surface area contributed by atoms with Gasteiger partial charge >= 0.3 is 0 Å². The number of tetrazole rings is 1. The number of anilines is 1. The molecule has 0 unspecified atom stereocenters. The van der Waals surface area contributed by atoms with Gasteiger partial charge in [0, 0.05) is 11.3 Å². The van der Waals surface area contributed by atoms with Crippen LogP contribution in [0.1, 0.15) is 11.1 Å². The van der Waals surface area contributed by atoms with Gasteiger partial charge < -0.3 is 10.1 Å². The summed E-state index contributed by atoms with van der Waals surface area (Å²) in [5.74, 6) is 0.947. The SMILES string of the molecule is COc1cccc(-c2nnn(CC(=O)Nc3cc(C)ccc3C)n2)c1.